The van der Waals surface area contributed by atoms with Crippen LogP contribution >= 0.6 is 0 Å². The zero-order valence-electron chi connectivity index (χ0n) is 40.4. The first-order valence-electron chi connectivity index (χ1n) is 25.5. The van der Waals surface area contributed by atoms with Crippen LogP contribution in [0.1, 0.15) is 125 Å². The molecule has 4 aromatic carbocycles. The summed E-state index contributed by atoms with van der Waals surface area (Å²) in [6.45, 7) is -0.359. The average molecular weight is 970 g/mol. The van der Waals surface area contributed by atoms with Crippen LogP contribution in [0.4, 0.5) is 5.82 Å². The van der Waals surface area contributed by atoms with E-state index >= 15 is 4.79 Å². The monoisotopic (exact) mass is 969 g/mol. The summed E-state index contributed by atoms with van der Waals surface area (Å²) in [6.07, 6.45) is 12.4. The Morgan fingerprint density at radius 2 is 1.69 bits per heavy atom. The summed E-state index contributed by atoms with van der Waals surface area (Å²) >= 11 is 0. The third kappa shape index (κ3) is 10.5. The molecule has 7 N–H and O–H groups in total. The number of phenols is 2. The molecule has 1 saturated carbocycles. The highest BCUT2D eigenvalue weighted by Crippen LogP contribution is 2.48. The Bertz CT molecular complexity index is 2980. The fourth-order valence-electron chi connectivity index (χ4n) is 11.7. The number of hydrogen-bond acceptors (Lipinski definition) is 9. The molecule has 0 radical (unpaired) electrons. The van der Waals surface area contributed by atoms with Gasteiger partial charge in [0, 0.05) is 30.1 Å². The van der Waals surface area contributed by atoms with Crippen LogP contribution in [-0.4, -0.2) is 78.2 Å². The van der Waals surface area contributed by atoms with Gasteiger partial charge in [0.1, 0.15) is 17.6 Å². The van der Waals surface area contributed by atoms with Gasteiger partial charge in [0.25, 0.3) is 0 Å². The van der Waals surface area contributed by atoms with Gasteiger partial charge < -0.3 is 50.7 Å². The lowest BCUT2D eigenvalue weighted by Crippen LogP contribution is -2.40. The predicted octanol–water partition coefficient (Wildman–Crippen LogP) is 9.19. The van der Waals surface area contributed by atoms with Crippen molar-refractivity contribution >= 4 is 29.5 Å². The molecule has 6 aromatic rings. The Morgan fingerprint density at radius 1 is 0.861 bits per heavy atom. The standard InChI is InChI=1S/C60H63N3O9/c64-26-21-48-53(67)16-13-37-28-49(57(69)54(29-37)72-45-10-4-5-11-45)56(68)40-15-14-39(32-44(65)27-36-7-2-1-3-8-36)42(30-40)31-41-19-24-62-59(41)63-35-43-33-51-47(20-25-61-51)50(55(43)58(48)70)34-60(71)22-17-38-9-6-12-52(66)46(38)18-23-60/h1-3,6-9,12,14-15,18-20,23-25,28-30,33,44-45,48,50,55-56,62,64-66,68-69,71H,4-5,10-11,13,16-17,21-22,26-27,31-32,34-35H2/q-2. The molecule has 2 aromatic heterocycles. The third-order valence-electron chi connectivity index (χ3n) is 15.5. The number of nitrogens with zero attached hydrogens (tertiary/aromatic N) is 2. The summed E-state index contributed by atoms with van der Waals surface area (Å²) in [4.78, 5) is 38.3. The van der Waals surface area contributed by atoms with Crippen molar-refractivity contribution < 1.29 is 45.0 Å². The third-order valence-corrected chi connectivity index (χ3v) is 15.5. The summed E-state index contributed by atoms with van der Waals surface area (Å²) in [5.74, 6) is -2.79. The van der Waals surface area contributed by atoms with E-state index < -0.39 is 42.2 Å². The number of rotatable bonds is 10. The van der Waals surface area contributed by atoms with E-state index in [1.54, 1.807) is 48.8 Å². The number of benzene rings is 4. The van der Waals surface area contributed by atoms with Gasteiger partial charge in [0.2, 0.25) is 0 Å². The Morgan fingerprint density at radius 3 is 2.51 bits per heavy atom. The molecule has 6 atom stereocenters. The molecule has 0 spiro atoms. The number of ketones is 2. The van der Waals surface area contributed by atoms with E-state index in [0.717, 1.165) is 59.1 Å². The lowest BCUT2D eigenvalue weighted by atomic mass is 9.67. The van der Waals surface area contributed by atoms with Crippen molar-refractivity contribution in [3.63, 3.8) is 0 Å². The van der Waals surface area contributed by atoms with Gasteiger partial charge in [-0.2, -0.15) is 6.20 Å². The molecule has 12 nitrogen and oxygen atoms in total. The van der Waals surface area contributed by atoms with Gasteiger partial charge >= 0.3 is 0 Å². The predicted molar refractivity (Wildman–Crippen MR) is 275 cm³/mol. The highest BCUT2D eigenvalue weighted by Gasteiger charge is 2.43. The number of aromatic nitrogens is 2. The summed E-state index contributed by atoms with van der Waals surface area (Å²) < 4.78 is 6.43. The zero-order valence-corrected chi connectivity index (χ0v) is 40.4. The summed E-state index contributed by atoms with van der Waals surface area (Å²) in [5.41, 5.74) is 7.10. The zero-order chi connectivity index (χ0) is 49.9. The number of carbonyl (C=O) groups excluding carboxylic acids is 2. The van der Waals surface area contributed by atoms with E-state index in [1.807, 2.05) is 72.8 Å². The van der Waals surface area contributed by atoms with Crippen molar-refractivity contribution in [1.82, 2.24) is 9.97 Å². The topological polar surface area (TPSA) is 209 Å². The van der Waals surface area contributed by atoms with Crippen molar-refractivity contribution in [1.29, 1.82) is 0 Å². The Kier molecular flexibility index (Phi) is 14.4. The first-order valence-corrected chi connectivity index (χ1v) is 25.5. The molecule has 4 bridgehead atoms. The van der Waals surface area contributed by atoms with Crippen molar-refractivity contribution in [2.75, 3.05) is 13.2 Å². The Balaban J connectivity index is 1.06. The van der Waals surface area contributed by atoms with Gasteiger partial charge in [-0.15, -0.1) is 5.69 Å². The molecule has 3 heterocycles. The summed E-state index contributed by atoms with van der Waals surface area (Å²) in [7, 11) is 0. The molecule has 12 heteroatoms. The minimum absolute atomic E-state index is 0.0522. The normalized spacial score (nSPS) is 23.0. The maximum atomic E-state index is 15.6. The number of H-pyrrole nitrogens is 1. The minimum atomic E-state index is -1.42. The van der Waals surface area contributed by atoms with E-state index in [1.165, 1.54) is 0 Å². The highest BCUT2D eigenvalue weighted by atomic mass is 16.5. The number of aryl methyl sites for hydroxylation is 2. The van der Waals surface area contributed by atoms with Gasteiger partial charge in [0.05, 0.1) is 23.7 Å². The molecular formula is C60H63N3O9-2. The van der Waals surface area contributed by atoms with E-state index in [0.29, 0.717) is 65.9 Å². The SMILES string of the molecule is O=C1CCc2cc(OC3CCCC3)c(O)c(c2)C(O)c2ccc(CC(O)Cc3ccccc3)c(c2)Cc2cc[nH]c2[N-]CC2=Cc3[n-]ccc3C(CC3(O)C=Cc4c(O)cccc4CC3)C2C(=O)C1CCO. The van der Waals surface area contributed by atoms with Crippen LogP contribution in [0.5, 0.6) is 17.2 Å². The summed E-state index contributed by atoms with van der Waals surface area (Å²) in [5, 5.41) is 74.6. The lowest BCUT2D eigenvalue weighted by molar-refractivity contribution is -0.135. The molecule has 1 aliphatic heterocycles. The first kappa shape index (κ1) is 48.9. The van der Waals surface area contributed by atoms with Crippen molar-refractivity contribution in [2.45, 2.75) is 113 Å². The van der Waals surface area contributed by atoms with Gasteiger partial charge in [-0.3, -0.25) is 9.59 Å². The fourth-order valence-corrected chi connectivity index (χ4v) is 11.7. The van der Waals surface area contributed by atoms with Crippen LogP contribution in [0.25, 0.3) is 17.5 Å². The second-order valence-electron chi connectivity index (χ2n) is 20.4. The van der Waals surface area contributed by atoms with Crippen LogP contribution in [-0.2, 0) is 41.7 Å². The number of ether oxygens (including phenoxy) is 1. The molecule has 6 unspecified atom stereocenters. The lowest BCUT2D eigenvalue weighted by Gasteiger charge is -2.40. The van der Waals surface area contributed by atoms with Crippen molar-refractivity contribution in [2.24, 2.45) is 11.8 Å². The van der Waals surface area contributed by atoms with E-state index in [2.05, 4.69) is 4.98 Å². The Labute approximate surface area is 420 Å². The van der Waals surface area contributed by atoms with E-state index in [-0.39, 0.29) is 72.7 Å². The quantitative estimate of drug-likeness (QED) is 0.0648. The first-order chi connectivity index (χ1) is 34.9. The van der Waals surface area contributed by atoms with E-state index in [4.69, 9.17) is 15.0 Å². The number of carbonyl (C=O) groups is 2. The number of fused-ring (bicyclic) bond motifs is 8. The minimum Gasteiger partial charge on any atom is -0.664 e. The number of aliphatic hydroxyl groups excluding tert-OH is 3. The van der Waals surface area contributed by atoms with Crippen LogP contribution in [0.3, 0.4) is 0 Å². The maximum absolute atomic E-state index is 15.6. The molecule has 3 aliphatic carbocycles. The second-order valence-corrected chi connectivity index (χ2v) is 20.4. The summed E-state index contributed by atoms with van der Waals surface area (Å²) in [6, 6.07) is 28.1. The molecule has 72 heavy (non-hydrogen) atoms. The van der Waals surface area contributed by atoms with Crippen molar-refractivity contribution in [3.8, 4) is 17.2 Å². The number of aromatic amines is 1. The number of aromatic hydroxyl groups is 2. The number of Topliss-reactive ketones (excluding diaryl/α,β-unsaturated/α-hetero) is 2. The second kappa shape index (κ2) is 21.2. The number of hydrogen-bond donors (Lipinski definition) is 7. The molecule has 0 amide bonds. The smallest absolute Gasteiger partial charge is 0.163 e. The molecule has 1 fully saturated rings. The molecule has 4 aliphatic rings. The molecule has 0 saturated heterocycles. The van der Waals surface area contributed by atoms with Crippen LogP contribution in [0.15, 0.2) is 115 Å². The van der Waals surface area contributed by atoms with Crippen molar-refractivity contribution in [3.05, 3.63) is 182 Å². The van der Waals surface area contributed by atoms with Gasteiger partial charge in [-0.05, 0) is 147 Å². The van der Waals surface area contributed by atoms with Gasteiger partial charge in [-0.1, -0.05) is 114 Å². The van der Waals surface area contributed by atoms with Crippen LogP contribution in [0.2, 0.25) is 0 Å². The van der Waals surface area contributed by atoms with Crippen LogP contribution < -0.4 is 9.72 Å². The number of aliphatic hydroxyl groups is 4. The van der Waals surface area contributed by atoms with Gasteiger partial charge in [-0.25, -0.2) is 0 Å². The van der Waals surface area contributed by atoms with Crippen LogP contribution in [0, 0.1) is 11.8 Å². The number of phenolic OH excluding ortho intramolecular Hbond substituents is 2. The molecule has 374 valence electrons. The fraction of sp³-hybridized carbons (Fsp3) is 0.367. The van der Waals surface area contributed by atoms with Gasteiger partial charge in [0.15, 0.2) is 17.3 Å². The molecular weight excluding hydrogens is 907 g/mol. The maximum Gasteiger partial charge on any atom is 0.163 e. The highest BCUT2D eigenvalue weighted by molar-refractivity contribution is 6.05. The molecule has 10 rings (SSSR count). The average Bonchev–Trinajstić information content (AvgIpc) is 4.16. The van der Waals surface area contributed by atoms with E-state index in [9.17, 15) is 35.4 Å². The largest absolute Gasteiger partial charge is 0.664 e. The Hall–Kier alpha value is -6.70. The number of nitrogens with one attached hydrogen (secondary N) is 1.